The molecule has 0 saturated carbocycles. The molecule has 1 heterocycles. The second-order valence-corrected chi connectivity index (χ2v) is 6.71. The summed E-state index contributed by atoms with van der Waals surface area (Å²) < 4.78 is 0.774. The lowest BCUT2D eigenvalue weighted by molar-refractivity contribution is -0.143. The van der Waals surface area contributed by atoms with Crippen LogP contribution in [0.2, 0.25) is 5.02 Å². The van der Waals surface area contributed by atoms with E-state index in [1.54, 1.807) is 17.0 Å². The fourth-order valence-corrected chi connectivity index (χ4v) is 3.10. The van der Waals surface area contributed by atoms with E-state index in [0.29, 0.717) is 23.4 Å². The number of aliphatic carboxylic acids is 1. The summed E-state index contributed by atoms with van der Waals surface area (Å²) in [5.74, 6) is -1.49. The number of hydrogen-bond acceptors (Lipinski definition) is 2. The third kappa shape index (κ3) is 3.40. The Hall–Kier alpha value is -1.07. The van der Waals surface area contributed by atoms with Crippen LogP contribution in [-0.4, -0.2) is 34.5 Å². The van der Waals surface area contributed by atoms with E-state index < -0.39 is 11.9 Å². The van der Waals surface area contributed by atoms with Crippen molar-refractivity contribution in [2.45, 2.75) is 32.7 Å². The van der Waals surface area contributed by atoms with E-state index in [0.717, 1.165) is 10.0 Å². The molecule has 1 amide bonds. The first-order valence-corrected chi connectivity index (χ1v) is 7.97. The molecular formula is C15H17BrClNO3. The fraction of sp³-hybridized carbons (Fsp3) is 0.467. The van der Waals surface area contributed by atoms with Crippen molar-refractivity contribution in [3.63, 3.8) is 0 Å². The SMILES string of the molecule is Cc1cc(C(=O)N2CC(C(=O)O)CCC2C)cc(Cl)c1Br. The van der Waals surface area contributed by atoms with Crippen LogP contribution in [0.25, 0.3) is 0 Å². The molecule has 1 aromatic rings. The van der Waals surface area contributed by atoms with Crippen LogP contribution in [0.15, 0.2) is 16.6 Å². The van der Waals surface area contributed by atoms with Crippen LogP contribution in [0.4, 0.5) is 0 Å². The number of benzene rings is 1. The third-order valence-electron chi connectivity index (χ3n) is 3.95. The number of nitrogens with zero attached hydrogens (tertiary/aromatic N) is 1. The fourth-order valence-electron chi connectivity index (χ4n) is 2.61. The van der Waals surface area contributed by atoms with Crippen molar-refractivity contribution in [2.75, 3.05) is 6.54 Å². The van der Waals surface area contributed by atoms with E-state index in [-0.39, 0.29) is 18.5 Å². The summed E-state index contributed by atoms with van der Waals surface area (Å²) in [4.78, 5) is 25.4. The number of aryl methyl sites for hydroxylation is 1. The second kappa shape index (κ2) is 6.36. The molecule has 0 bridgehead atoms. The monoisotopic (exact) mass is 373 g/mol. The summed E-state index contributed by atoms with van der Waals surface area (Å²) >= 11 is 9.47. The van der Waals surface area contributed by atoms with Gasteiger partial charge in [-0.15, -0.1) is 0 Å². The normalized spacial score (nSPS) is 22.2. The summed E-state index contributed by atoms with van der Waals surface area (Å²) in [6.07, 6.45) is 1.31. The van der Waals surface area contributed by atoms with Gasteiger partial charge in [-0.25, -0.2) is 0 Å². The Morgan fingerprint density at radius 3 is 2.62 bits per heavy atom. The number of halogens is 2. The maximum atomic E-state index is 12.7. The van der Waals surface area contributed by atoms with Crippen LogP contribution < -0.4 is 0 Å². The number of hydrogen-bond donors (Lipinski definition) is 1. The summed E-state index contributed by atoms with van der Waals surface area (Å²) in [5, 5.41) is 9.64. The zero-order chi connectivity index (χ0) is 15.7. The molecule has 0 radical (unpaired) electrons. The highest BCUT2D eigenvalue weighted by atomic mass is 79.9. The molecule has 0 aliphatic carbocycles. The highest BCUT2D eigenvalue weighted by Gasteiger charge is 2.33. The molecule has 1 aliphatic rings. The number of likely N-dealkylation sites (tertiary alicyclic amines) is 1. The zero-order valence-corrected chi connectivity index (χ0v) is 14.2. The van der Waals surface area contributed by atoms with Crippen LogP contribution in [0, 0.1) is 12.8 Å². The Kier molecular flexibility index (Phi) is 4.94. The average molecular weight is 375 g/mol. The van der Waals surface area contributed by atoms with Crippen LogP contribution in [0.1, 0.15) is 35.7 Å². The zero-order valence-electron chi connectivity index (χ0n) is 11.9. The van der Waals surface area contributed by atoms with Crippen molar-refractivity contribution in [1.29, 1.82) is 0 Å². The van der Waals surface area contributed by atoms with E-state index in [4.69, 9.17) is 16.7 Å². The average Bonchev–Trinajstić information content (AvgIpc) is 2.43. The molecule has 114 valence electrons. The lowest BCUT2D eigenvalue weighted by Gasteiger charge is -2.36. The first-order chi connectivity index (χ1) is 9.81. The molecule has 2 rings (SSSR count). The van der Waals surface area contributed by atoms with Crippen LogP contribution in [0.5, 0.6) is 0 Å². The van der Waals surface area contributed by atoms with Crippen molar-refractivity contribution >= 4 is 39.4 Å². The lowest BCUT2D eigenvalue weighted by Crippen LogP contribution is -2.47. The molecule has 1 aromatic carbocycles. The summed E-state index contributed by atoms with van der Waals surface area (Å²) in [7, 11) is 0. The van der Waals surface area contributed by atoms with Crippen molar-refractivity contribution in [2.24, 2.45) is 5.92 Å². The Morgan fingerprint density at radius 1 is 1.38 bits per heavy atom. The molecule has 6 heteroatoms. The van der Waals surface area contributed by atoms with Gasteiger partial charge >= 0.3 is 5.97 Å². The highest BCUT2D eigenvalue weighted by Crippen LogP contribution is 2.30. The smallest absolute Gasteiger partial charge is 0.308 e. The first-order valence-electron chi connectivity index (χ1n) is 6.80. The summed E-state index contributed by atoms with van der Waals surface area (Å²) in [6.45, 7) is 4.07. The number of amides is 1. The summed E-state index contributed by atoms with van der Waals surface area (Å²) in [6, 6.07) is 3.43. The van der Waals surface area contributed by atoms with E-state index in [2.05, 4.69) is 15.9 Å². The molecule has 4 nitrogen and oxygen atoms in total. The van der Waals surface area contributed by atoms with Crippen LogP contribution >= 0.6 is 27.5 Å². The molecule has 0 spiro atoms. The Balaban J connectivity index is 2.27. The minimum atomic E-state index is -0.843. The topological polar surface area (TPSA) is 57.6 Å². The van der Waals surface area contributed by atoms with Crippen molar-refractivity contribution < 1.29 is 14.7 Å². The molecule has 2 atom stereocenters. The highest BCUT2D eigenvalue weighted by molar-refractivity contribution is 9.10. The van der Waals surface area contributed by atoms with Crippen LogP contribution in [-0.2, 0) is 4.79 Å². The van der Waals surface area contributed by atoms with Gasteiger partial charge < -0.3 is 10.0 Å². The second-order valence-electron chi connectivity index (χ2n) is 5.51. The Bertz CT molecular complexity index is 567. The van der Waals surface area contributed by atoms with Gasteiger partial charge in [-0.2, -0.15) is 0 Å². The lowest BCUT2D eigenvalue weighted by atomic mass is 9.93. The van der Waals surface area contributed by atoms with Gasteiger partial charge in [-0.3, -0.25) is 9.59 Å². The van der Waals surface area contributed by atoms with Gasteiger partial charge in [0, 0.05) is 22.6 Å². The largest absolute Gasteiger partial charge is 0.481 e. The quantitative estimate of drug-likeness (QED) is 0.858. The van der Waals surface area contributed by atoms with Gasteiger partial charge in [0.2, 0.25) is 0 Å². The number of piperidine rings is 1. The molecule has 2 unspecified atom stereocenters. The predicted octanol–water partition coefficient (Wildman–Crippen LogP) is 3.74. The molecule has 0 aromatic heterocycles. The molecule has 1 saturated heterocycles. The minimum absolute atomic E-state index is 0.0378. The summed E-state index contributed by atoms with van der Waals surface area (Å²) in [5.41, 5.74) is 1.38. The van der Waals surface area contributed by atoms with Crippen molar-refractivity contribution in [3.8, 4) is 0 Å². The van der Waals surface area contributed by atoms with E-state index in [1.807, 2.05) is 13.8 Å². The van der Waals surface area contributed by atoms with Crippen LogP contribution in [0.3, 0.4) is 0 Å². The Labute approximate surface area is 137 Å². The van der Waals surface area contributed by atoms with Gasteiger partial charge in [-0.05, 0) is 60.3 Å². The van der Waals surface area contributed by atoms with Gasteiger partial charge in [0.15, 0.2) is 0 Å². The van der Waals surface area contributed by atoms with Gasteiger partial charge in [0.05, 0.1) is 10.9 Å². The van der Waals surface area contributed by atoms with E-state index in [1.165, 1.54) is 0 Å². The number of carbonyl (C=O) groups excluding carboxylic acids is 1. The number of carbonyl (C=O) groups is 2. The maximum absolute atomic E-state index is 12.7. The number of rotatable bonds is 2. The van der Waals surface area contributed by atoms with Gasteiger partial charge in [0.1, 0.15) is 0 Å². The molecule has 1 aliphatic heterocycles. The molecule has 1 N–H and O–H groups in total. The number of carboxylic acids is 1. The molecular weight excluding hydrogens is 358 g/mol. The molecule has 1 fully saturated rings. The third-order valence-corrected chi connectivity index (χ3v) is 5.53. The van der Waals surface area contributed by atoms with Gasteiger partial charge in [-0.1, -0.05) is 11.6 Å². The first kappa shape index (κ1) is 16.3. The minimum Gasteiger partial charge on any atom is -0.481 e. The maximum Gasteiger partial charge on any atom is 0.308 e. The molecule has 21 heavy (non-hydrogen) atoms. The van der Waals surface area contributed by atoms with E-state index in [9.17, 15) is 9.59 Å². The van der Waals surface area contributed by atoms with Crippen molar-refractivity contribution in [3.05, 3.63) is 32.8 Å². The van der Waals surface area contributed by atoms with Crippen molar-refractivity contribution in [1.82, 2.24) is 4.90 Å². The Morgan fingerprint density at radius 2 is 2.05 bits per heavy atom. The number of carboxylic acid groups (broad SMARTS) is 1. The predicted molar refractivity (Wildman–Crippen MR) is 84.7 cm³/mol. The van der Waals surface area contributed by atoms with E-state index >= 15 is 0 Å². The standard InChI is InChI=1S/C15H17BrClNO3/c1-8-5-11(6-12(17)13(8)16)14(19)18-7-10(15(20)21)4-3-9(18)2/h5-6,9-10H,3-4,7H2,1-2H3,(H,20,21). The van der Waals surface area contributed by atoms with Gasteiger partial charge in [0.25, 0.3) is 5.91 Å².